The van der Waals surface area contributed by atoms with Crippen molar-refractivity contribution in [3.8, 4) is 11.5 Å². The molecule has 0 atom stereocenters. The number of rotatable bonds is 5. The summed E-state index contributed by atoms with van der Waals surface area (Å²) in [5.74, 6) is 0.627. The van der Waals surface area contributed by atoms with Gasteiger partial charge < -0.3 is 9.47 Å². The molecule has 0 N–H and O–H groups in total. The first-order chi connectivity index (χ1) is 9.22. The van der Waals surface area contributed by atoms with Crippen molar-refractivity contribution in [2.24, 2.45) is 0 Å². The lowest BCUT2D eigenvalue weighted by Gasteiger charge is -2.16. The summed E-state index contributed by atoms with van der Waals surface area (Å²) in [5, 5.41) is 0. The topological polar surface area (TPSA) is 18.5 Å². The van der Waals surface area contributed by atoms with Gasteiger partial charge in [0.2, 0.25) is 0 Å². The minimum Gasteiger partial charge on any atom is -0.489 e. The number of allylic oxidation sites excluding steroid dienone is 1. The number of hydrogen-bond donors (Lipinski definition) is 0. The average Bonchev–Trinajstić information content (AvgIpc) is 2.91. The molecule has 2 rings (SSSR count). The van der Waals surface area contributed by atoms with E-state index in [-0.39, 0.29) is 11.9 Å². The fourth-order valence-corrected chi connectivity index (χ4v) is 2.31. The molecule has 1 aromatic carbocycles. The van der Waals surface area contributed by atoms with E-state index in [0.717, 1.165) is 12.8 Å². The summed E-state index contributed by atoms with van der Waals surface area (Å²) in [7, 11) is 0. The molecule has 1 aliphatic rings. The van der Waals surface area contributed by atoms with Gasteiger partial charge in [-0.3, -0.25) is 0 Å². The molecule has 0 amide bonds. The van der Waals surface area contributed by atoms with Crippen molar-refractivity contribution in [3.63, 3.8) is 0 Å². The molecule has 0 spiro atoms. The Labute approximate surface area is 114 Å². The third-order valence-corrected chi connectivity index (χ3v) is 3.47. The van der Waals surface area contributed by atoms with E-state index in [0.29, 0.717) is 23.7 Å². The molecule has 0 aromatic heterocycles. The molecule has 2 nitrogen and oxygen atoms in total. The molecule has 0 saturated heterocycles. The summed E-state index contributed by atoms with van der Waals surface area (Å²) in [4.78, 5) is 0. The van der Waals surface area contributed by atoms with Gasteiger partial charge in [-0.2, -0.15) is 0 Å². The SMILES string of the molecule is C/C=C/COc1ccc(OC2CCCC2)c(F)c1C. The van der Waals surface area contributed by atoms with Gasteiger partial charge in [0.25, 0.3) is 0 Å². The monoisotopic (exact) mass is 264 g/mol. The van der Waals surface area contributed by atoms with E-state index in [1.165, 1.54) is 12.8 Å². The number of hydrogen-bond acceptors (Lipinski definition) is 2. The minimum absolute atomic E-state index is 0.170. The van der Waals surface area contributed by atoms with Gasteiger partial charge in [-0.05, 0) is 51.7 Å². The van der Waals surface area contributed by atoms with Gasteiger partial charge in [0, 0.05) is 5.56 Å². The highest BCUT2D eigenvalue weighted by Gasteiger charge is 2.19. The van der Waals surface area contributed by atoms with Gasteiger partial charge in [-0.25, -0.2) is 4.39 Å². The molecular weight excluding hydrogens is 243 g/mol. The Bertz CT molecular complexity index is 448. The summed E-state index contributed by atoms with van der Waals surface area (Å²) in [5.41, 5.74) is 0.514. The van der Waals surface area contributed by atoms with E-state index in [9.17, 15) is 4.39 Å². The number of ether oxygens (including phenoxy) is 2. The van der Waals surface area contributed by atoms with Crippen LogP contribution in [0, 0.1) is 12.7 Å². The average molecular weight is 264 g/mol. The molecule has 0 unspecified atom stereocenters. The summed E-state index contributed by atoms with van der Waals surface area (Å²) in [6, 6.07) is 3.46. The summed E-state index contributed by atoms with van der Waals surface area (Å²) >= 11 is 0. The van der Waals surface area contributed by atoms with Crippen molar-refractivity contribution >= 4 is 0 Å². The minimum atomic E-state index is -0.301. The Morgan fingerprint density at radius 3 is 2.63 bits per heavy atom. The zero-order valence-electron chi connectivity index (χ0n) is 11.6. The first-order valence-electron chi connectivity index (χ1n) is 6.92. The first kappa shape index (κ1) is 13.9. The third kappa shape index (κ3) is 3.49. The maximum atomic E-state index is 14.2. The van der Waals surface area contributed by atoms with Crippen LogP contribution in [0.5, 0.6) is 11.5 Å². The zero-order valence-corrected chi connectivity index (χ0v) is 11.6. The highest BCUT2D eigenvalue weighted by molar-refractivity contribution is 5.41. The Morgan fingerprint density at radius 2 is 1.95 bits per heavy atom. The van der Waals surface area contributed by atoms with Crippen LogP contribution in [0.3, 0.4) is 0 Å². The molecule has 0 aliphatic heterocycles. The number of halogens is 1. The van der Waals surface area contributed by atoms with Crippen LogP contribution in [0.15, 0.2) is 24.3 Å². The lowest BCUT2D eigenvalue weighted by atomic mass is 10.2. The van der Waals surface area contributed by atoms with Crippen LogP contribution in [-0.4, -0.2) is 12.7 Å². The smallest absolute Gasteiger partial charge is 0.171 e. The fourth-order valence-electron chi connectivity index (χ4n) is 2.31. The molecule has 104 valence electrons. The lowest BCUT2D eigenvalue weighted by Crippen LogP contribution is -2.12. The third-order valence-electron chi connectivity index (χ3n) is 3.47. The maximum Gasteiger partial charge on any atom is 0.171 e. The molecule has 1 aromatic rings. The van der Waals surface area contributed by atoms with E-state index in [2.05, 4.69) is 0 Å². The Balaban J connectivity index is 2.07. The molecule has 1 fully saturated rings. The Hall–Kier alpha value is -1.51. The van der Waals surface area contributed by atoms with Crippen molar-refractivity contribution in [2.75, 3.05) is 6.61 Å². The van der Waals surface area contributed by atoms with Crippen molar-refractivity contribution in [1.82, 2.24) is 0 Å². The predicted octanol–water partition coefficient (Wildman–Crippen LogP) is 4.41. The van der Waals surface area contributed by atoms with Gasteiger partial charge in [0.15, 0.2) is 11.6 Å². The van der Waals surface area contributed by atoms with Gasteiger partial charge >= 0.3 is 0 Å². The largest absolute Gasteiger partial charge is 0.489 e. The van der Waals surface area contributed by atoms with Crippen LogP contribution in [0.2, 0.25) is 0 Å². The molecule has 0 heterocycles. The van der Waals surface area contributed by atoms with E-state index in [1.54, 1.807) is 19.1 Å². The molecular formula is C16H21FO2. The van der Waals surface area contributed by atoms with Crippen LogP contribution in [-0.2, 0) is 0 Å². The molecule has 0 radical (unpaired) electrons. The normalized spacial score (nSPS) is 16.2. The van der Waals surface area contributed by atoms with Crippen molar-refractivity contribution in [1.29, 1.82) is 0 Å². The van der Waals surface area contributed by atoms with E-state index >= 15 is 0 Å². The van der Waals surface area contributed by atoms with Gasteiger partial charge in [0.05, 0.1) is 6.10 Å². The quantitative estimate of drug-likeness (QED) is 0.733. The van der Waals surface area contributed by atoms with Crippen LogP contribution in [0.25, 0.3) is 0 Å². The summed E-state index contributed by atoms with van der Waals surface area (Å²) in [6.07, 6.45) is 8.37. The highest BCUT2D eigenvalue weighted by Crippen LogP contribution is 2.31. The molecule has 0 bridgehead atoms. The van der Waals surface area contributed by atoms with E-state index in [1.807, 2.05) is 19.1 Å². The van der Waals surface area contributed by atoms with Crippen molar-refractivity contribution in [2.45, 2.75) is 45.6 Å². The van der Waals surface area contributed by atoms with Crippen LogP contribution in [0.1, 0.15) is 38.2 Å². The van der Waals surface area contributed by atoms with Crippen molar-refractivity contribution in [3.05, 3.63) is 35.7 Å². The van der Waals surface area contributed by atoms with Gasteiger partial charge in [-0.1, -0.05) is 12.2 Å². The van der Waals surface area contributed by atoms with Crippen molar-refractivity contribution < 1.29 is 13.9 Å². The fraction of sp³-hybridized carbons (Fsp3) is 0.500. The summed E-state index contributed by atoms with van der Waals surface area (Å²) in [6.45, 7) is 4.11. The van der Waals surface area contributed by atoms with E-state index in [4.69, 9.17) is 9.47 Å². The first-order valence-corrected chi connectivity index (χ1v) is 6.92. The van der Waals surface area contributed by atoms with Gasteiger partial charge in [-0.15, -0.1) is 0 Å². The molecule has 3 heteroatoms. The second-order valence-electron chi connectivity index (χ2n) is 4.91. The highest BCUT2D eigenvalue weighted by atomic mass is 19.1. The second-order valence-corrected chi connectivity index (χ2v) is 4.91. The predicted molar refractivity (Wildman–Crippen MR) is 74.3 cm³/mol. The van der Waals surface area contributed by atoms with Gasteiger partial charge in [0.1, 0.15) is 12.4 Å². The standard InChI is InChI=1S/C16H21FO2/c1-3-4-11-18-14-9-10-15(16(17)12(14)2)19-13-7-5-6-8-13/h3-4,9-10,13H,5-8,11H2,1-2H3/b4-3+. The van der Waals surface area contributed by atoms with E-state index < -0.39 is 0 Å². The van der Waals surface area contributed by atoms with Crippen LogP contribution in [0.4, 0.5) is 4.39 Å². The van der Waals surface area contributed by atoms with Crippen LogP contribution >= 0.6 is 0 Å². The molecule has 19 heavy (non-hydrogen) atoms. The van der Waals surface area contributed by atoms with Crippen LogP contribution < -0.4 is 9.47 Å². The number of benzene rings is 1. The lowest BCUT2D eigenvalue weighted by molar-refractivity contribution is 0.199. The zero-order chi connectivity index (χ0) is 13.7. The Kier molecular flexibility index (Phi) is 4.83. The molecule has 1 aliphatic carbocycles. The summed E-state index contributed by atoms with van der Waals surface area (Å²) < 4.78 is 25.4. The maximum absolute atomic E-state index is 14.2. The molecule has 1 saturated carbocycles. The second kappa shape index (κ2) is 6.60. The Morgan fingerprint density at radius 1 is 1.26 bits per heavy atom.